The highest BCUT2D eigenvalue weighted by Gasteiger charge is 2.67. The first-order valence-corrected chi connectivity index (χ1v) is 14.7. The Bertz CT molecular complexity index is 1000. The molecule has 192 valence electrons. The highest BCUT2D eigenvalue weighted by atomic mass is 16.1. The smallest absolute Gasteiger partial charge is 0.148 e. The maximum atomic E-state index is 14.5. The van der Waals surface area contributed by atoms with E-state index in [9.17, 15) is 4.79 Å². The van der Waals surface area contributed by atoms with Gasteiger partial charge in [0.25, 0.3) is 0 Å². The Hall–Kier alpha value is -1.89. The number of rotatable bonds is 2. The molecule has 1 nitrogen and oxygen atoms in total. The number of hydrogen-bond donors (Lipinski definition) is 0. The third-order valence-electron chi connectivity index (χ3n) is 11.4. The van der Waals surface area contributed by atoms with E-state index < -0.39 is 0 Å². The van der Waals surface area contributed by atoms with Gasteiger partial charge < -0.3 is 0 Å². The van der Waals surface area contributed by atoms with Crippen molar-refractivity contribution < 1.29 is 4.79 Å². The summed E-state index contributed by atoms with van der Waals surface area (Å²) >= 11 is 0. The Morgan fingerprint density at radius 1 is 0.556 bits per heavy atom. The van der Waals surface area contributed by atoms with E-state index in [1.807, 2.05) is 0 Å². The molecule has 0 aromatic heterocycles. The number of benzene rings is 2. The Morgan fingerprint density at radius 3 is 1.31 bits per heavy atom. The van der Waals surface area contributed by atoms with Crippen LogP contribution in [0, 0.1) is 58.2 Å². The molecule has 4 fully saturated rings. The number of hydrogen-bond acceptors (Lipinski definition) is 1. The van der Waals surface area contributed by atoms with Gasteiger partial charge in [-0.1, -0.05) is 102 Å². The van der Waals surface area contributed by atoms with Crippen molar-refractivity contribution in [2.24, 2.45) is 58.2 Å². The van der Waals surface area contributed by atoms with Crippen molar-refractivity contribution in [2.45, 2.75) is 79.1 Å². The molecule has 36 heavy (non-hydrogen) atoms. The van der Waals surface area contributed by atoms with Gasteiger partial charge in [0.2, 0.25) is 0 Å². The molecule has 4 aliphatic carbocycles. The van der Waals surface area contributed by atoms with Crippen LogP contribution in [-0.2, 0) is 4.79 Å². The van der Waals surface area contributed by atoms with Crippen molar-refractivity contribution >= 4 is 5.78 Å². The predicted octanol–water partition coefficient (Wildman–Crippen LogP) is 8.76. The second-order valence-electron chi connectivity index (χ2n) is 15.1. The Labute approximate surface area is 219 Å². The summed E-state index contributed by atoms with van der Waals surface area (Å²) in [6.07, 6.45) is 5.43. The van der Waals surface area contributed by atoms with E-state index >= 15 is 0 Å². The van der Waals surface area contributed by atoms with Gasteiger partial charge in [-0.25, -0.2) is 0 Å². The Kier molecular flexibility index (Phi) is 5.82. The molecule has 6 rings (SSSR count). The van der Waals surface area contributed by atoms with E-state index in [0.29, 0.717) is 40.3 Å². The minimum Gasteiger partial charge on any atom is -0.298 e. The maximum Gasteiger partial charge on any atom is 0.148 e. The lowest BCUT2D eigenvalue weighted by Crippen LogP contribution is -2.45. The van der Waals surface area contributed by atoms with Crippen LogP contribution >= 0.6 is 0 Å². The lowest BCUT2D eigenvalue weighted by Gasteiger charge is -2.53. The predicted molar refractivity (Wildman–Crippen MR) is 149 cm³/mol. The molecule has 4 saturated carbocycles. The first-order chi connectivity index (χ1) is 17.1. The average Bonchev–Trinajstić information content (AvgIpc) is 3.31. The number of carbonyl (C=O) groups is 1. The summed E-state index contributed by atoms with van der Waals surface area (Å²) in [4.78, 5) is 14.5. The molecule has 0 N–H and O–H groups in total. The molecule has 0 heterocycles. The van der Waals surface area contributed by atoms with Crippen LogP contribution < -0.4 is 0 Å². The summed E-state index contributed by atoms with van der Waals surface area (Å²) in [5, 5.41) is 0. The van der Waals surface area contributed by atoms with Gasteiger partial charge in [0.1, 0.15) is 5.78 Å². The molecule has 0 amide bonds. The van der Waals surface area contributed by atoms with E-state index in [0.717, 1.165) is 23.7 Å². The quantitative estimate of drug-likeness (QED) is 0.418. The van der Waals surface area contributed by atoms with Gasteiger partial charge in [-0.3, -0.25) is 4.79 Å². The molecule has 4 aliphatic rings. The molecule has 8 atom stereocenters. The zero-order chi connectivity index (χ0) is 25.4. The van der Waals surface area contributed by atoms with Crippen LogP contribution in [0.25, 0.3) is 0 Å². The minimum absolute atomic E-state index is 0.0597. The topological polar surface area (TPSA) is 17.1 Å². The standard InChI is InChI=1S/C35H46O/c1-34(2,3)24-17-23-18-25(35(4,5)6)20-27-28(23)26(19-24)31-29(21-13-9-7-10-14-21)33(36)30(32(27)31)22-15-11-8-12-16-22/h7-16,23-32H,17-20H2,1-6H3. The molecule has 0 bridgehead atoms. The molecular formula is C35H46O. The lowest BCUT2D eigenvalue weighted by molar-refractivity contribution is -0.122. The van der Waals surface area contributed by atoms with Gasteiger partial charge in [0.05, 0.1) is 0 Å². The Morgan fingerprint density at radius 2 is 0.944 bits per heavy atom. The van der Waals surface area contributed by atoms with Gasteiger partial charge in [0, 0.05) is 11.8 Å². The van der Waals surface area contributed by atoms with E-state index in [4.69, 9.17) is 0 Å². The van der Waals surface area contributed by atoms with Crippen LogP contribution in [-0.4, -0.2) is 5.78 Å². The fourth-order valence-corrected chi connectivity index (χ4v) is 9.74. The summed E-state index contributed by atoms with van der Waals surface area (Å²) in [7, 11) is 0. The highest BCUT2D eigenvalue weighted by Crippen LogP contribution is 2.71. The van der Waals surface area contributed by atoms with E-state index in [2.05, 4.69) is 102 Å². The van der Waals surface area contributed by atoms with Crippen molar-refractivity contribution in [1.82, 2.24) is 0 Å². The third-order valence-corrected chi connectivity index (χ3v) is 11.4. The zero-order valence-corrected chi connectivity index (χ0v) is 23.3. The number of carbonyl (C=O) groups excluding carboxylic acids is 1. The highest BCUT2D eigenvalue weighted by molar-refractivity contribution is 5.95. The van der Waals surface area contributed by atoms with Crippen LogP contribution in [0.2, 0.25) is 0 Å². The first kappa shape index (κ1) is 24.4. The van der Waals surface area contributed by atoms with Crippen LogP contribution in [0.1, 0.15) is 90.2 Å². The fraction of sp³-hybridized carbons (Fsp3) is 0.629. The van der Waals surface area contributed by atoms with Crippen LogP contribution in [0.15, 0.2) is 60.7 Å². The minimum atomic E-state index is 0.0597. The van der Waals surface area contributed by atoms with Crippen LogP contribution in [0.3, 0.4) is 0 Å². The molecule has 0 spiro atoms. The second-order valence-corrected chi connectivity index (χ2v) is 15.1. The summed E-state index contributed by atoms with van der Waals surface area (Å²) in [5.74, 6) is 6.12. The van der Waals surface area contributed by atoms with Gasteiger partial charge in [-0.05, 0) is 95.0 Å². The molecule has 8 unspecified atom stereocenters. The number of ketones is 1. The molecule has 2 aromatic rings. The van der Waals surface area contributed by atoms with Crippen molar-refractivity contribution in [3.8, 4) is 0 Å². The third kappa shape index (κ3) is 3.83. The summed E-state index contributed by atoms with van der Waals surface area (Å²) in [6.45, 7) is 14.8. The van der Waals surface area contributed by atoms with Crippen molar-refractivity contribution in [2.75, 3.05) is 0 Å². The summed E-state index contributed by atoms with van der Waals surface area (Å²) in [6, 6.07) is 21.8. The monoisotopic (exact) mass is 482 g/mol. The first-order valence-electron chi connectivity index (χ1n) is 14.7. The van der Waals surface area contributed by atoms with Gasteiger partial charge in [-0.2, -0.15) is 0 Å². The van der Waals surface area contributed by atoms with Crippen molar-refractivity contribution in [1.29, 1.82) is 0 Å². The van der Waals surface area contributed by atoms with E-state index in [1.54, 1.807) is 0 Å². The maximum absolute atomic E-state index is 14.5. The largest absolute Gasteiger partial charge is 0.298 e. The van der Waals surface area contributed by atoms with Gasteiger partial charge >= 0.3 is 0 Å². The normalized spacial score (nSPS) is 40.1. The molecule has 0 radical (unpaired) electrons. The number of Topliss-reactive ketones (excluding diaryl/α,β-unsaturated/α-hetero) is 1. The summed E-state index contributed by atoms with van der Waals surface area (Å²) in [5.41, 5.74) is 3.21. The molecule has 2 aromatic carbocycles. The van der Waals surface area contributed by atoms with E-state index in [-0.39, 0.29) is 11.8 Å². The van der Waals surface area contributed by atoms with E-state index in [1.165, 1.54) is 36.8 Å². The van der Waals surface area contributed by atoms with Crippen molar-refractivity contribution in [3.63, 3.8) is 0 Å². The average molecular weight is 483 g/mol. The molecule has 1 heteroatoms. The lowest BCUT2D eigenvalue weighted by atomic mass is 9.52. The molecule has 0 saturated heterocycles. The Balaban J connectivity index is 1.51. The van der Waals surface area contributed by atoms with Crippen molar-refractivity contribution in [3.05, 3.63) is 71.8 Å². The van der Waals surface area contributed by atoms with Crippen LogP contribution in [0.4, 0.5) is 0 Å². The molecule has 0 aliphatic heterocycles. The summed E-state index contributed by atoms with van der Waals surface area (Å²) < 4.78 is 0. The zero-order valence-electron chi connectivity index (χ0n) is 23.3. The molecular weight excluding hydrogens is 436 g/mol. The number of fused-ring (bicyclic) bond motifs is 3. The van der Waals surface area contributed by atoms with Gasteiger partial charge in [-0.15, -0.1) is 0 Å². The van der Waals surface area contributed by atoms with Crippen LogP contribution in [0.5, 0.6) is 0 Å². The van der Waals surface area contributed by atoms with Gasteiger partial charge in [0.15, 0.2) is 0 Å². The second kappa shape index (κ2) is 8.57. The SMILES string of the molecule is CC(C)(C)C1CC2CC(C(C)(C)C)CC3C2C(C1)C1C(c2ccccc2)C(=O)C(c2ccccc2)C31. The fourth-order valence-electron chi connectivity index (χ4n) is 9.74.